The number of rotatable bonds is 4. The zero-order valence-corrected chi connectivity index (χ0v) is 16.6. The average molecular weight is 409 g/mol. The van der Waals surface area contributed by atoms with Crippen LogP contribution in [0.1, 0.15) is 33.5 Å². The van der Waals surface area contributed by atoms with E-state index in [0.717, 1.165) is 27.6 Å². The van der Waals surface area contributed by atoms with Crippen LogP contribution in [0.3, 0.4) is 0 Å². The molecule has 31 heavy (non-hydrogen) atoms. The van der Waals surface area contributed by atoms with Crippen molar-refractivity contribution in [3.8, 4) is 11.5 Å². The fraction of sp³-hybridized carbons (Fsp3) is 0.0769. The van der Waals surface area contributed by atoms with E-state index in [4.69, 9.17) is 0 Å². The van der Waals surface area contributed by atoms with Gasteiger partial charge in [0.2, 0.25) is 11.6 Å². The Hall–Kier alpha value is -4.12. The van der Waals surface area contributed by atoms with Crippen molar-refractivity contribution in [3.63, 3.8) is 0 Å². The number of nitrogens with one attached hydrogen (secondary N) is 1. The summed E-state index contributed by atoms with van der Waals surface area (Å²) in [6.07, 6.45) is 2.79. The number of hydrogen-bond acceptors (Lipinski definition) is 4. The first-order chi connectivity index (χ1) is 15.0. The van der Waals surface area contributed by atoms with Crippen LogP contribution in [0, 0.1) is 0 Å². The number of carbonyl (C=O) groups excluding carboxylic acids is 2. The minimum absolute atomic E-state index is 0.0503. The van der Waals surface area contributed by atoms with Crippen molar-refractivity contribution >= 4 is 28.0 Å². The molecule has 0 bridgehead atoms. The van der Waals surface area contributed by atoms with E-state index >= 15 is 0 Å². The summed E-state index contributed by atoms with van der Waals surface area (Å²) in [5.74, 6) is -1.02. The fourth-order valence-corrected chi connectivity index (χ4v) is 4.23. The van der Waals surface area contributed by atoms with Gasteiger partial charge in [-0.15, -0.1) is 0 Å². The Labute approximate surface area is 178 Å². The molecule has 152 valence electrons. The van der Waals surface area contributed by atoms with Crippen LogP contribution in [0.25, 0.3) is 16.5 Å². The molecule has 1 aliphatic rings. The Morgan fingerprint density at radius 1 is 0.710 bits per heavy atom. The molecule has 0 fully saturated rings. The SMILES string of the molecule is O=C1C(=O)c2cc(O)ccc2C(c2c[nH]c3ccccc23)=C1CCc1ccc(O)cc1. The number of hydrogen-bond donors (Lipinski definition) is 3. The number of para-hydroxylation sites is 1. The fourth-order valence-electron chi connectivity index (χ4n) is 4.23. The van der Waals surface area contributed by atoms with E-state index in [1.54, 1.807) is 18.2 Å². The third kappa shape index (κ3) is 3.20. The largest absolute Gasteiger partial charge is 0.508 e. The number of phenolic OH excluding ortho intramolecular Hbond substituents is 2. The Morgan fingerprint density at radius 3 is 2.26 bits per heavy atom. The van der Waals surface area contributed by atoms with Gasteiger partial charge in [-0.1, -0.05) is 30.3 Å². The molecule has 0 atom stereocenters. The number of carbonyl (C=O) groups is 2. The number of aromatic hydroxyl groups is 2. The van der Waals surface area contributed by atoms with Crippen molar-refractivity contribution in [1.29, 1.82) is 0 Å². The summed E-state index contributed by atoms with van der Waals surface area (Å²) in [6.45, 7) is 0. The summed E-state index contributed by atoms with van der Waals surface area (Å²) in [5, 5.41) is 20.4. The van der Waals surface area contributed by atoms with Crippen LogP contribution >= 0.6 is 0 Å². The van der Waals surface area contributed by atoms with Crippen LogP contribution in [-0.4, -0.2) is 26.8 Å². The number of aromatic amines is 1. The van der Waals surface area contributed by atoms with Gasteiger partial charge >= 0.3 is 0 Å². The topological polar surface area (TPSA) is 90.4 Å². The lowest BCUT2D eigenvalue weighted by Gasteiger charge is -2.22. The molecular weight excluding hydrogens is 390 g/mol. The van der Waals surface area contributed by atoms with Gasteiger partial charge in [-0.25, -0.2) is 0 Å². The lowest BCUT2D eigenvalue weighted by Crippen LogP contribution is -2.24. The van der Waals surface area contributed by atoms with Crippen molar-refractivity contribution < 1.29 is 19.8 Å². The highest BCUT2D eigenvalue weighted by atomic mass is 16.3. The molecule has 0 spiro atoms. The lowest BCUT2D eigenvalue weighted by molar-refractivity contribution is -0.112. The second kappa shape index (κ2) is 7.29. The quantitative estimate of drug-likeness (QED) is 0.423. The molecule has 3 N–H and O–H groups in total. The Balaban J connectivity index is 1.70. The summed E-state index contributed by atoms with van der Waals surface area (Å²) in [7, 11) is 0. The predicted molar refractivity (Wildman–Crippen MR) is 118 cm³/mol. The smallest absolute Gasteiger partial charge is 0.233 e. The van der Waals surface area contributed by atoms with E-state index < -0.39 is 11.6 Å². The van der Waals surface area contributed by atoms with Gasteiger partial charge in [0.15, 0.2) is 0 Å². The van der Waals surface area contributed by atoms with Gasteiger partial charge in [0.05, 0.1) is 0 Å². The molecule has 5 rings (SSSR count). The maximum Gasteiger partial charge on any atom is 0.233 e. The maximum absolute atomic E-state index is 13.2. The molecule has 4 aromatic rings. The molecule has 0 saturated heterocycles. The highest BCUT2D eigenvalue weighted by Crippen LogP contribution is 2.40. The van der Waals surface area contributed by atoms with Crippen molar-refractivity contribution in [2.45, 2.75) is 12.8 Å². The second-order valence-electron chi connectivity index (χ2n) is 7.66. The van der Waals surface area contributed by atoms with Gasteiger partial charge in [-0.05, 0) is 65.9 Å². The van der Waals surface area contributed by atoms with Crippen LogP contribution in [0.4, 0.5) is 0 Å². The molecule has 1 aliphatic carbocycles. The normalized spacial score (nSPS) is 13.7. The van der Waals surface area contributed by atoms with Crippen molar-refractivity contribution in [2.24, 2.45) is 0 Å². The Morgan fingerprint density at radius 2 is 1.45 bits per heavy atom. The molecular formula is C26H19NO4. The summed E-state index contributed by atoms with van der Waals surface area (Å²) in [4.78, 5) is 29.3. The molecule has 1 aromatic heterocycles. The number of aromatic nitrogens is 1. The Kier molecular flexibility index (Phi) is 4.44. The third-order valence-corrected chi connectivity index (χ3v) is 5.76. The summed E-state index contributed by atoms with van der Waals surface area (Å²) in [5.41, 5.74) is 4.79. The number of benzene rings is 3. The zero-order chi connectivity index (χ0) is 21.5. The molecule has 3 aromatic carbocycles. The minimum atomic E-state index is -0.602. The average Bonchev–Trinajstić information content (AvgIpc) is 3.20. The van der Waals surface area contributed by atoms with E-state index in [2.05, 4.69) is 4.98 Å². The lowest BCUT2D eigenvalue weighted by atomic mass is 9.79. The number of ketones is 2. The van der Waals surface area contributed by atoms with Gasteiger partial charge in [0, 0.05) is 33.8 Å². The first-order valence-corrected chi connectivity index (χ1v) is 10.0. The van der Waals surface area contributed by atoms with Crippen molar-refractivity contribution in [2.75, 3.05) is 0 Å². The van der Waals surface area contributed by atoms with E-state index in [1.807, 2.05) is 42.6 Å². The van der Waals surface area contributed by atoms with Gasteiger partial charge in [-0.2, -0.15) is 0 Å². The highest BCUT2D eigenvalue weighted by molar-refractivity contribution is 6.53. The number of allylic oxidation sites excluding steroid dienone is 1. The van der Waals surface area contributed by atoms with Gasteiger partial charge in [-0.3, -0.25) is 9.59 Å². The molecule has 0 saturated carbocycles. The number of H-pyrrole nitrogens is 1. The molecule has 0 unspecified atom stereocenters. The first-order valence-electron chi connectivity index (χ1n) is 10.0. The summed E-state index contributed by atoms with van der Waals surface area (Å²) in [6, 6.07) is 19.2. The van der Waals surface area contributed by atoms with Crippen LogP contribution in [-0.2, 0) is 11.2 Å². The van der Waals surface area contributed by atoms with Gasteiger partial charge < -0.3 is 15.2 Å². The third-order valence-electron chi connectivity index (χ3n) is 5.76. The second-order valence-corrected chi connectivity index (χ2v) is 7.66. The van der Waals surface area contributed by atoms with Crippen LogP contribution < -0.4 is 0 Å². The minimum Gasteiger partial charge on any atom is -0.508 e. The summed E-state index contributed by atoms with van der Waals surface area (Å²) < 4.78 is 0. The molecule has 0 aliphatic heterocycles. The zero-order valence-electron chi connectivity index (χ0n) is 16.6. The van der Waals surface area contributed by atoms with Crippen LogP contribution in [0.5, 0.6) is 11.5 Å². The van der Waals surface area contributed by atoms with E-state index in [-0.39, 0.29) is 17.1 Å². The van der Waals surface area contributed by atoms with Gasteiger partial charge in [0.1, 0.15) is 11.5 Å². The first kappa shape index (κ1) is 18.9. The van der Waals surface area contributed by atoms with E-state index in [0.29, 0.717) is 24.0 Å². The van der Waals surface area contributed by atoms with E-state index in [1.165, 1.54) is 12.1 Å². The predicted octanol–water partition coefficient (Wildman–Crippen LogP) is 4.78. The van der Waals surface area contributed by atoms with Crippen LogP contribution in [0.2, 0.25) is 0 Å². The monoisotopic (exact) mass is 409 g/mol. The number of aryl methyl sites for hydroxylation is 1. The number of fused-ring (bicyclic) bond motifs is 2. The molecule has 5 heteroatoms. The summed E-state index contributed by atoms with van der Waals surface area (Å²) >= 11 is 0. The Bertz CT molecular complexity index is 1380. The van der Waals surface area contributed by atoms with E-state index in [9.17, 15) is 19.8 Å². The molecule has 0 radical (unpaired) electrons. The van der Waals surface area contributed by atoms with Gasteiger partial charge in [0.25, 0.3) is 0 Å². The molecule has 1 heterocycles. The number of Topliss-reactive ketones (excluding diaryl/α,β-unsaturated/α-hetero) is 2. The van der Waals surface area contributed by atoms with Crippen molar-refractivity contribution in [3.05, 3.63) is 101 Å². The number of phenols is 2. The molecule has 0 amide bonds. The van der Waals surface area contributed by atoms with Crippen LogP contribution in [0.15, 0.2) is 78.5 Å². The van der Waals surface area contributed by atoms with Crippen molar-refractivity contribution in [1.82, 2.24) is 4.98 Å². The highest BCUT2D eigenvalue weighted by Gasteiger charge is 2.34. The standard InChI is InChI=1S/C26H19NO4/c28-16-8-5-15(6-9-16)7-11-20-24(22-14-27-23-4-2-1-3-18(22)23)19-12-10-17(29)13-21(19)26(31)25(20)30/h1-6,8-10,12-14,27-29H,7,11H2. The molecule has 5 nitrogen and oxygen atoms in total. The maximum atomic E-state index is 13.2.